The second kappa shape index (κ2) is 6.66. The predicted molar refractivity (Wildman–Crippen MR) is 86.3 cm³/mol. The number of carbonyl (C=O) groups excluding carboxylic acids is 2. The second-order valence-electron chi connectivity index (χ2n) is 4.73. The van der Waals surface area contributed by atoms with Crippen LogP contribution in [0.4, 0.5) is 5.69 Å². The topological polar surface area (TPSA) is 98.9 Å². The van der Waals surface area contributed by atoms with Crippen molar-refractivity contribution < 1.29 is 19.3 Å². The fourth-order valence-electron chi connectivity index (χ4n) is 1.79. The van der Waals surface area contributed by atoms with Crippen molar-refractivity contribution in [3.63, 3.8) is 0 Å². The zero-order valence-electron chi connectivity index (χ0n) is 12.2. The molecular formula is C15H11BrN2O5. The molecule has 0 saturated heterocycles. The van der Waals surface area contributed by atoms with Gasteiger partial charge in [0.15, 0.2) is 5.78 Å². The highest BCUT2D eigenvalue weighted by Crippen LogP contribution is 2.23. The molecule has 0 fully saturated rings. The Hall–Kier alpha value is -2.61. The number of allylic oxidation sites excluding steroid dienone is 4. The fourth-order valence-corrected chi connectivity index (χ4v) is 2.31. The first-order valence-corrected chi connectivity index (χ1v) is 7.24. The van der Waals surface area contributed by atoms with Gasteiger partial charge in [0, 0.05) is 17.7 Å². The summed E-state index contributed by atoms with van der Waals surface area (Å²) in [6.07, 6.45) is 1.47. The number of nitrogens with zero attached hydrogens (tertiary/aromatic N) is 2. The van der Waals surface area contributed by atoms with E-state index in [1.54, 1.807) is 13.8 Å². The molecule has 118 valence electrons. The van der Waals surface area contributed by atoms with Crippen molar-refractivity contribution in [3.05, 3.63) is 61.6 Å². The van der Waals surface area contributed by atoms with Gasteiger partial charge in [0.05, 0.1) is 15.0 Å². The monoisotopic (exact) mass is 378 g/mol. The second-order valence-corrected chi connectivity index (χ2v) is 5.58. The summed E-state index contributed by atoms with van der Waals surface area (Å²) in [7, 11) is 0. The number of benzene rings is 1. The molecule has 0 aliphatic heterocycles. The first-order valence-electron chi connectivity index (χ1n) is 6.45. The lowest BCUT2D eigenvalue weighted by Crippen LogP contribution is -2.15. The van der Waals surface area contributed by atoms with Crippen LogP contribution in [0.1, 0.15) is 24.2 Å². The van der Waals surface area contributed by atoms with Gasteiger partial charge >= 0.3 is 5.97 Å². The minimum absolute atomic E-state index is 0.125. The molecule has 0 heterocycles. The van der Waals surface area contributed by atoms with Gasteiger partial charge in [0.2, 0.25) is 0 Å². The maximum atomic E-state index is 11.9. The number of ketones is 1. The van der Waals surface area contributed by atoms with E-state index in [2.05, 4.69) is 21.1 Å². The predicted octanol–water partition coefficient (Wildman–Crippen LogP) is 3.31. The number of carbonyl (C=O) groups is 2. The van der Waals surface area contributed by atoms with E-state index in [0.717, 1.165) is 0 Å². The fraction of sp³-hybridized carbons (Fsp3) is 0.133. The molecule has 1 aromatic rings. The molecule has 8 heteroatoms. The Balaban J connectivity index is 2.18. The summed E-state index contributed by atoms with van der Waals surface area (Å²) in [6, 6.07) is 4.97. The van der Waals surface area contributed by atoms with E-state index in [4.69, 9.17) is 4.84 Å². The van der Waals surface area contributed by atoms with Crippen LogP contribution >= 0.6 is 15.9 Å². The largest absolute Gasteiger partial charge is 0.365 e. The number of hydrogen-bond acceptors (Lipinski definition) is 6. The Bertz CT molecular complexity index is 791. The third-order valence-corrected chi connectivity index (χ3v) is 3.90. The van der Waals surface area contributed by atoms with Crippen molar-refractivity contribution in [1.82, 2.24) is 0 Å². The molecular weight excluding hydrogens is 368 g/mol. The van der Waals surface area contributed by atoms with Crippen LogP contribution in [-0.4, -0.2) is 22.4 Å². The van der Waals surface area contributed by atoms with Crippen molar-refractivity contribution >= 4 is 39.1 Å². The van der Waals surface area contributed by atoms with Gasteiger partial charge in [0.25, 0.3) is 5.69 Å². The third kappa shape index (κ3) is 3.59. The minimum Gasteiger partial charge on any atom is -0.312 e. The van der Waals surface area contributed by atoms with Gasteiger partial charge in [-0.05, 0) is 53.6 Å². The van der Waals surface area contributed by atoms with Crippen molar-refractivity contribution in [2.24, 2.45) is 5.16 Å². The standard InChI is InChI=1S/C15H11BrN2O5/c1-8-9(2)14(19)12(16)7-13(8)17-23-15(20)10-3-5-11(6-4-10)18(21)22/h3-7H,1-2H3. The molecule has 2 rings (SSSR count). The summed E-state index contributed by atoms with van der Waals surface area (Å²) < 4.78 is 0.325. The number of nitro benzene ring substituents is 1. The maximum absolute atomic E-state index is 11.9. The molecule has 23 heavy (non-hydrogen) atoms. The lowest BCUT2D eigenvalue weighted by Gasteiger charge is -2.12. The van der Waals surface area contributed by atoms with E-state index in [9.17, 15) is 19.7 Å². The SMILES string of the molecule is CC1=C(C)C(=NOC(=O)c2ccc([N+](=O)[O-])cc2)C=C(Br)C1=O. The van der Waals surface area contributed by atoms with Crippen molar-refractivity contribution in [1.29, 1.82) is 0 Å². The van der Waals surface area contributed by atoms with Crippen LogP contribution in [-0.2, 0) is 9.63 Å². The lowest BCUT2D eigenvalue weighted by atomic mass is 9.97. The summed E-state index contributed by atoms with van der Waals surface area (Å²) >= 11 is 3.13. The first-order chi connectivity index (χ1) is 10.8. The van der Waals surface area contributed by atoms with Gasteiger partial charge < -0.3 is 4.84 Å². The molecule has 0 saturated carbocycles. The van der Waals surface area contributed by atoms with Crippen molar-refractivity contribution in [3.8, 4) is 0 Å². The highest BCUT2D eigenvalue weighted by atomic mass is 79.9. The van der Waals surface area contributed by atoms with Crippen LogP contribution in [0, 0.1) is 10.1 Å². The maximum Gasteiger partial charge on any atom is 0.365 e. The van der Waals surface area contributed by atoms with Gasteiger partial charge in [-0.2, -0.15) is 0 Å². The number of oxime groups is 1. The zero-order valence-corrected chi connectivity index (χ0v) is 13.8. The van der Waals surface area contributed by atoms with Crippen LogP contribution < -0.4 is 0 Å². The average molecular weight is 379 g/mol. The Morgan fingerprint density at radius 2 is 1.83 bits per heavy atom. The third-order valence-electron chi connectivity index (χ3n) is 3.31. The van der Waals surface area contributed by atoms with E-state index in [-0.39, 0.29) is 17.0 Å². The molecule has 0 spiro atoms. The van der Waals surface area contributed by atoms with E-state index >= 15 is 0 Å². The van der Waals surface area contributed by atoms with Gasteiger partial charge in [-0.3, -0.25) is 14.9 Å². The van der Waals surface area contributed by atoms with E-state index in [1.165, 1.54) is 30.3 Å². The Labute approximate surface area is 139 Å². The average Bonchev–Trinajstić information content (AvgIpc) is 2.54. The minimum atomic E-state index is -0.751. The smallest absolute Gasteiger partial charge is 0.312 e. The van der Waals surface area contributed by atoms with Gasteiger partial charge in [-0.15, -0.1) is 0 Å². The van der Waals surface area contributed by atoms with Crippen molar-refractivity contribution in [2.45, 2.75) is 13.8 Å². The Kier molecular flexibility index (Phi) is 4.85. The van der Waals surface area contributed by atoms with E-state index < -0.39 is 10.9 Å². The molecule has 0 atom stereocenters. The van der Waals surface area contributed by atoms with Gasteiger partial charge in [-0.1, -0.05) is 5.16 Å². The number of Topliss-reactive ketones (excluding diaryl/α,β-unsaturated/α-hetero) is 1. The highest BCUT2D eigenvalue weighted by molar-refractivity contribution is 9.12. The zero-order chi connectivity index (χ0) is 17.1. The van der Waals surface area contributed by atoms with Crippen LogP contribution in [0.3, 0.4) is 0 Å². The number of nitro groups is 1. The van der Waals surface area contributed by atoms with Crippen LogP contribution in [0.5, 0.6) is 0 Å². The quantitative estimate of drug-likeness (QED) is 0.347. The first kappa shape index (κ1) is 16.8. The summed E-state index contributed by atoms with van der Waals surface area (Å²) in [5, 5.41) is 14.3. The van der Waals surface area contributed by atoms with E-state index in [1.807, 2.05) is 0 Å². The van der Waals surface area contributed by atoms with Gasteiger partial charge in [-0.25, -0.2) is 4.79 Å². The number of hydrogen-bond donors (Lipinski definition) is 0. The lowest BCUT2D eigenvalue weighted by molar-refractivity contribution is -0.384. The van der Waals surface area contributed by atoms with Crippen LogP contribution in [0.15, 0.2) is 51.1 Å². The highest BCUT2D eigenvalue weighted by Gasteiger charge is 2.21. The Morgan fingerprint density at radius 1 is 1.22 bits per heavy atom. The molecule has 0 aromatic heterocycles. The molecule has 7 nitrogen and oxygen atoms in total. The summed E-state index contributed by atoms with van der Waals surface area (Å²) in [5.74, 6) is -0.901. The molecule has 1 aliphatic carbocycles. The number of non-ortho nitro benzene ring substituents is 1. The van der Waals surface area contributed by atoms with Gasteiger partial charge in [0.1, 0.15) is 5.71 Å². The molecule has 0 bridgehead atoms. The molecule has 1 aromatic carbocycles. The molecule has 0 radical (unpaired) electrons. The molecule has 0 unspecified atom stereocenters. The summed E-state index contributed by atoms with van der Waals surface area (Å²) in [4.78, 5) is 38.5. The normalized spacial score (nSPS) is 16.4. The van der Waals surface area contributed by atoms with Crippen LogP contribution in [0.25, 0.3) is 0 Å². The van der Waals surface area contributed by atoms with Crippen LogP contribution in [0.2, 0.25) is 0 Å². The molecule has 1 aliphatic rings. The Morgan fingerprint density at radius 3 is 2.39 bits per heavy atom. The number of rotatable bonds is 3. The van der Waals surface area contributed by atoms with Crippen molar-refractivity contribution in [2.75, 3.05) is 0 Å². The summed E-state index contributed by atoms with van der Waals surface area (Å²) in [6.45, 7) is 3.35. The number of halogens is 1. The molecule has 0 amide bonds. The van der Waals surface area contributed by atoms with E-state index in [0.29, 0.717) is 21.3 Å². The molecule has 0 N–H and O–H groups in total. The summed E-state index contributed by atoms with van der Waals surface area (Å²) in [5.41, 5.74) is 1.47.